The number of carboxylic acid groups (broad SMARTS) is 1. The molecule has 20 heavy (non-hydrogen) atoms. The van der Waals surface area contributed by atoms with Gasteiger partial charge >= 0.3 is 5.97 Å². The third-order valence-electron chi connectivity index (χ3n) is 6.31. The second-order valence-corrected chi connectivity index (χ2v) is 7.42. The predicted octanol–water partition coefficient (Wildman–Crippen LogP) is 3.57. The van der Waals surface area contributed by atoms with Gasteiger partial charge < -0.3 is 9.67 Å². The molecule has 0 aliphatic heterocycles. The number of hydrogen-bond donors (Lipinski definition) is 1. The summed E-state index contributed by atoms with van der Waals surface area (Å²) >= 11 is 0. The average molecular weight is 273 g/mol. The van der Waals surface area contributed by atoms with Crippen LogP contribution in [-0.2, 0) is 7.05 Å². The predicted molar refractivity (Wildman–Crippen MR) is 76.9 cm³/mol. The van der Waals surface area contributed by atoms with Gasteiger partial charge in [-0.25, -0.2) is 4.79 Å². The third kappa shape index (κ3) is 1.61. The van der Waals surface area contributed by atoms with E-state index in [2.05, 4.69) is 6.20 Å². The second kappa shape index (κ2) is 4.12. The molecule has 4 aliphatic rings. The number of rotatable bonds is 2. The van der Waals surface area contributed by atoms with E-state index in [9.17, 15) is 9.90 Å². The number of carbonyl (C=O) groups is 1. The Bertz CT molecular complexity index is 544. The standard InChI is InChI=1S/C17H23NO2/c1-9-15(17(19)20)14(8-18(9)2)16-12-4-10-3-11(6-12)7-13(16)5-10/h8,10-13,16H,3-7H2,1-2H3,(H,19,20). The van der Waals surface area contributed by atoms with Gasteiger partial charge in [0.25, 0.3) is 0 Å². The summed E-state index contributed by atoms with van der Waals surface area (Å²) in [7, 11) is 1.97. The molecule has 0 radical (unpaired) electrons. The zero-order chi connectivity index (χ0) is 14.0. The molecule has 1 N–H and O–H groups in total. The van der Waals surface area contributed by atoms with Crippen molar-refractivity contribution < 1.29 is 9.90 Å². The molecule has 4 bridgehead atoms. The van der Waals surface area contributed by atoms with E-state index in [1.54, 1.807) is 0 Å². The van der Waals surface area contributed by atoms with Gasteiger partial charge in [-0.1, -0.05) is 0 Å². The largest absolute Gasteiger partial charge is 0.478 e. The van der Waals surface area contributed by atoms with E-state index >= 15 is 0 Å². The maximum absolute atomic E-state index is 11.7. The zero-order valence-electron chi connectivity index (χ0n) is 12.3. The Morgan fingerprint density at radius 1 is 1.15 bits per heavy atom. The van der Waals surface area contributed by atoms with Crippen molar-refractivity contribution >= 4 is 5.97 Å². The first-order valence-corrected chi connectivity index (χ1v) is 7.93. The fraction of sp³-hybridized carbons (Fsp3) is 0.706. The van der Waals surface area contributed by atoms with Gasteiger partial charge in [0.1, 0.15) is 0 Å². The molecule has 0 amide bonds. The number of carboxylic acids is 1. The summed E-state index contributed by atoms with van der Waals surface area (Å²) in [6.07, 6.45) is 8.90. The lowest BCUT2D eigenvalue weighted by Crippen LogP contribution is -2.44. The molecule has 1 heterocycles. The van der Waals surface area contributed by atoms with Crippen LogP contribution in [0.4, 0.5) is 0 Å². The van der Waals surface area contributed by atoms with E-state index < -0.39 is 5.97 Å². The Morgan fingerprint density at radius 3 is 2.20 bits per heavy atom. The van der Waals surface area contributed by atoms with Crippen LogP contribution >= 0.6 is 0 Å². The lowest BCUT2D eigenvalue weighted by Gasteiger charge is -2.54. The Kier molecular flexibility index (Phi) is 2.57. The maximum Gasteiger partial charge on any atom is 0.337 e. The molecular weight excluding hydrogens is 250 g/mol. The van der Waals surface area contributed by atoms with Crippen LogP contribution in [-0.4, -0.2) is 15.6 Å². The highest BCUT2D eigenvalue weighted by Crippen LogP contribution is 2.60. The zero-order valence-corrected chi connectivity index (χ0v) is 12.3. The summed E-state index contributed by atoms with van der Waals surface area (Å²) in [5.74, 6) is 3.12. The van der Waals surface area contributed by atoms with Crippen molar-refractivity contribution in [1.82, 2.24) is 4.57 Å². The molecule has 1 aromatic rings. The molecule has 1 aromatic heterocycles. The minimum atomic E-state index is -0.744. The van der Waals surface area contributed by atoms with Crippen LogP contribution in [0.15, 0.2) is 6.20 Å². The Morgan fingerprint density at radius 2 is 1.70 bits per heavy atom. The monoisotopic (exact) mass is 273 g/mol. The normalized spacial score (nSPS) is 38.4. The summed E-state index contributed by atoms with van der Waals surface area (Å²) in [6.45, 7) is 1.93. The first kappa shape index (κ1) is 12.5. The lowest BCUT2D eigenvalue weighted by molar-refractivity contribution is -0.00312. The lowest BCUT2D eigenvalue weighted by atomic mass is 9.50. The smallest absolute Gasteiger partial charge is 0.337 e. The first-order chi connectivity index (χ1) is 9.54. The van der Waals surface area contributed by atoms with Crippen molar-refractivity contribution in [1.29, 1.82) is 0 Å². The molecule has 0 aromatic carbocycles. The van der Waals surface area contributed by atoms with Crippen molar-refractivity contribution in [3.8, 4) is 0 Å². The molecule has 0 unspecified atom stereocenters. The second-order valence-electron chi connectivity index (χ2n) is 7.42. The topological polar surface area (TPSA) is 42.2 Å². The number of aromatic carboxylic acids is 1. The number of aryl methyl sites for hydroxylation is 1. The molecule has 5 rings (SSSR count). The molecule has 108 valence electrons. The Balaban J connectivity index is 1.78. The van der Waals surface area contributed by atoms with Crippen LogP contribution in [0.25, 0.3) is 0 Å². The van der Waals surface area contributed by atoms with Crippen LogP contribution in [0.5, 0.6) is 0 Å². The SMILES string of the molecule is Cc1c(C(=O)O)c(C2C3CC4CC(C3)CC2C4)cn1C. The minimum absolute atomic E-state index is 0.508. The molecule has 3 heteroatoms. The summed E-state index contributed by atoms with van der Waals surface area (Å²) in [6, 6.07) is 0. The van der Waals surface area contributed by atoms with Gasteiger partial charge in [0.2, 0.25) is 0 Å². The van der Waals surface area contributed by atoms with Crippen molar-refractivity contribution in [2.24, 2.45) is 30.7 Å². The molecule has 0 spiro atoms. The van der Waals surface area contributed by atoms with Crippen molar-refractivity contribution in [2.45, 2.75) is 44.9 Å². The van der Waals surface area contributed by atoms with Crippen molar-refractivity contribution in [2.75, 3.05) is 0 Å². The van der Waals surface area contributed by atoms with E-state index in [-0.39, 0.29) is 0 Å². The first-order valence-electron chi connectivity index (χ1n) is 7.93. The van der Waals surface area contributed by atoms with Gasteiger partial charge in [-0.2, -0.15) is 0 Å². The van der Waals surface area contributed by atoms with Crippen molar-refractivity contribution in [3.63, 3.8) is 0 Å². The summed E-state index contributed by atoms with van der Waals surface area (Å²) in [5.41, 5.74) is 2.62. The van der Waals surface area contributed by atoms with E-state index in [0.717, 1.165) is 34.9 Å². The van der Waals surface area contributed by atoms with Gasteiger partial charge in [-0.15, -0.1) is 0 Å². The summed E-state index contributed by atoms with van der Waals surface area (Å²) in [5, 5.41) is 9.60. The van der Waals surface area contributed by atoms with E-state index in [4.69, 9.17) is 0 Å². The van der Waals surface area contributed by atoms with Crippen LogP contribution in [0.3, 0.4) is 0 Å². The molecule has 4 fully saturated rings. The highest BCUT2D eigenvalue weighted by atomic mass is 16.4. The number of nitrogens with zero attached hydrogens (tertiary/aromatic N) is 1. The number of hydrogen-bond acceptors (Lipinski definition) is 1. The molecular formula is C17H23NO2. The van der Waals surface area contributed by atoms with E-state index in [0.29, 0.717) is 11.5 Å². The van der Waals surface area contributed by atoms with Crippen molar-refractivity contribution in [3.05, 3.63) is 23.0 Å². The van der Waals surface area contributed by atoms with Gasteiger partial charge in [0.15, 0.2) is 0 Å². The van der Waals surface area contributed by atoms with Crippen LogP contribution in [0, 0.1) is 30.6 Å². The third-order valence-corrected chi connectivity index (χ3v) is 6.31. The van der Waals surface area contributed by atoms with Crippen LogP contribution < -0.4 is 0 Å². The number of aromatic nitrogens is 1. The average Bonchev–Trinajstić information content (AvgIpc) is 2.64. The van der Waals surface area contributed by atoms with Crippen LogP contribution in [0.2, 0.25) is 0 Å². The quantitative estimate of drug-likeness (QED) is 0.895. The maximum atomic E-state index is 11.7. The van der Waals surface area contributed by atoms with Gasteiger partial charge in [0.05, 0.1) is 5.56 Å². The fourth-order valence-corrected chi connectivity index (χ4v) is 5.72. The van der Waals surface area contributed by atoms with Crippen LogP contribution in [0.1, 0.15) is 59.6 Å². The molecule has 4 saturated carbocycles. The van der Waals surface area contributed by atoms with Gasteiger partial charge in [0, 0.05) is 18.9 Å². The van der Waals surface area contributed by atoms with E-state index in [1.807, 2.05) is 18.5 Å². The summed E-state index contributed by atoms with van der Waals surface area (Å²) in [4.78, 5) is 11.7. The highest BCUT2D eigenvalue weighted by Gasteiger charge is 2.49. The Hall–Kier alpha value is -1.25. The molecule has 4 aliphatic carbocycles. The summed E-state index contributed by atoms with van der Waals surface area (Å²) < 4.78 is 2.00. The Labute approximate surface area is 120 Å². The van der Waals surface area contributed by atoms with Gasteiger partial charge in [-0.05, 0) is 74.2 Å². The highest BCUT2D eigenvalue weighted by molar-refractivity contribution is 5.91. The fourth-order valence-electron chi connectivity index (χ4n) is 5.72. The van der Waals surface area contributed by atoms with Gasteiger partial charge in [-0.3, -0.25) is 0 Å². The molecule has 3 nitrogen and oxygen atoms in total. The molecule has 0 saturated heterocycles. The van der Waals surface area contributed by atoms with E-state index in [1.165, 1.54) is 32.1 Å². The minimum Gasteiger partial charge on any atom is -0.478 e. The molecule has 0 atom stereocenters.